The molecular formula is C13H12ClNO4S2. The van der Waals surface area contributed by atoms with Crippen molar-refractivity contribution in [3.8, 4) is 0 Å². The summed E-state index contributed by atoms with van der Waals surface area (Å²) in [6.07, 6.45) is 0. The molecule has 5 nitrogen and oxygen atoms in total. The number of carboxylic acid groups (broad SMARTS) is 1. The zero-order chi connectivity index (χ0) is 15.8. The Morgan fingerprint density at radius 3 is 2.57 bits per heavy atom. The fourth-order valence-electron chi connectivity index (χ4n) is 1.95. The van der Waals surface area contributed by atoms with Crippen LogP contribution in [0.3, 0.4) is 0 Å². The van der Waals surface area contributed by atoms with Gasteiger partial charge in [-0.25, -0.2) is 18.2 Å². The number of aromatic carboxylic acids is 1. The lowest BCUT2D eigenvalue weighted by atomic mass is 10.1. The molecule has 0 amide bonds. The average Bonchev–Trinajstić information content (AvgIpc) is 2.76. The van der Waals surface area contributed by atoms with E-state index in [1.807, 2.05) is 0 Å². The lowest BCUT2D eigenvalue weighted by Crippen LogP contribution is -2.10. The van der Waals surface area contributed by atoms with Gasteiger partial charge in [0.1, 0.15) is 0 Å². The highest BCUT2D eigenvalue weighted by Gasteiger charge is 2.23. The highest BCUT2D eigenvalue weighted by molar-refractivity contribution is 7.90. The van der Waals surface area contributed by atoms with E-state index in [-0.39, 0.29) is 26.8 Å². The topological polar surface area (TPSA) is 84.3 Å². The molecule has 0 aliphatic carbocycles. The van der Waals surface area contributed by atoms with Crippen LogP contribution in [0.4, 0.5) is 0 Å². The number of sulfone groups is 1. The van der Waals surface area contributed by atoms with Crippen LogP contribution in [-0.2, 0) is 15.6 Å². The number of benzene rings is 1. The van der Waals surface area contributed by atoms with E-state index in [0.717, 1.165) is 5.01 Å². The predicted octanol–water partition coefficient (Wildman–Crippen LogP) is 3.09. The van der Waals surface area contributed by atoms with Crippen molar-refractivity contribution < 1.29 is 18.3 Å². The second kappa shape index (κ2) is 5.75. The summed E-state index contributed by atoms with van der Waals surface area (Å²) in [7, 11) is -3.71. The first-order chi connectivity index (χ1) is 9.70. The fourth-order valence-corrected chi connectivity index (χ4v) is 4.52. The normalized spacial score (nSPS) is 11.6. The van der Waals surface area contributed by atoms with Crippen molar-refractivity contribution in [2.24, 2.45) is 0 Å². The van der Waals surface area contributed by atoms with Crippen LogP contribution >= 0.6 is 22.9 Å². The maximum Gasteiger partial charge on any atom is 0.336 e. The van der Waals surface area contributed by atoms with Crippen LogP contribution in [0.2, 0.25) is 5.02 Å². The first-order valence-electron chi connectivity index (χ1n) is 5.88. The van der Waals surface area contributed by atoms with Gasteiger partial charge in [0.25, 0.3) is 0 Å². The van der Waals surface area contributed by atoms with Gasteiger partial charge >= 0.3 is 5.97 Å². The summed E-state index contributed by atoms with van der Waals surface area (Å²) in [5, 5.41) is 11.6. The van der Waals surface area contributed by atoms with Gasteiger partial charge in [-0.2, -0.15) is 0 Å². The Kier molecular flexibility index (Phi) is 4.36. The smallest absolute Gasteiger partial charge is 0.336 e. The van der Waals surface area contributed by atoms with E-state index in [9.17, 15) is 13.2 Å². The van der Waals surface area contributed by atoms with Gasteiger partial charge in [0.15, 0.2) is 9.84 Å². The molecule has 0 aliphatic heterocycles. The van der Waals surface area contributed by atoms with Crippen molar-refractivity contribution in [3.63, 3.8) is 0 Å². The summed E-state index contributed by atoms with van der Waals surface area (Å²) in [5.74, 6) is -1.49. The van der Waals surface area contributed by atoms with Crippen molar-refractivity contribution in [2.45, 2.75) is 24.5 Å². The van der Waals surface area contributed by atoms with E-state index in [4.69, 9.17) is 16.7 Å². The summed E-state index contributed by atoms with van der Waals surface area (Å²) >= 11 is 7.20. The van der Waals surface area contributed by atoms with Crippen LogP contribution in [0.5, 0.6) is 0 Å². The number of carbonyl (C=O) groups is 1. The van der Waals surface area contributed by atoms with Gasteiger partial charge in [-0.05, 0) is 31.5 Å². The van der Waals surface area contributed by atoms with Crippen LogP contribution in [0.15, 0.2) is 22.4 Å². The molecule has 0 saturated carbocycles. The number of carboxylic acids is 1. The molecule has 1 aromatic heterocycles. The van der Waals surface area contributed by atoms with E-state index < -0.39 is 15.8 Å². The van der Waals surface area contributed by atoms with E-state index in [1.54, 1.807) is 12.3 Å². The monoisotopic (exact) mass is 345 g/mol. The molecule has 1 N–H and O–H groups in total. The second-order valence-electron chi connectivity index (χ2n) is 4.50. The Morgan fingerprint density at radius 1 is 1.38 bits per heavy atom. The minimum atomic E-state index is -3.71. The number of halogens is 1. The summed E-state index contributed by atoms with van der Waals surface area (Å²) in [6.45, 7) is 3.24. The van der Waals surface area contributed by atoms with Crippen molar-refractivity contribution in [1.29, 1.82) is 0 Å². The zero-order valence-corrected chi connectivity index (χ0v) is 13.6. The Morgan fingerprint density at radius 2 is 2.05 bits per heavy atom. The van der Waals surface area contributed by atoms with E-state index in [2.05, 4.69) is 4.98 Å². The summed E-state index contributed by atoms with van der Waals surface area (Å²) in [4.78, 5) is 15.2. The standard InChI is InChI=1S/C13H12ClNO4S2/c1-7-11(13(16)17)3-9(14)4-12(7)21(18,19)6-10-5-20-8(2)15-10/h3-5H,6H2,1-2H3,(H,16,17). The third kappa shape index (κ3) is 3.42. The first kappa shape index (κ1) is 15.9. The highest BCUT2D eigenvalue weighted by Crippen LogP contribution is 2.27. The number of hydrogen-bond acceptors (Lipinski definition) is 5. The number of rotatable bonds is 4. The molecule has 2 rings (SSSR count). The first-order valence-corrected chi connectivity index (χ1v) is 8.79. The predicted molar refractivity (Wildman–Crippen MR) is 80.9 cm³/mol. The molecule has 0 saturated heterocycles. The molecule has 0 radical (unpaired) electrons. The van der Waals surface area contributed by atoms with Gasteiger partial charge in [0.2, 0.25) is 0 Å². The second-order valence-corrected chi connectivity index (χ2v) is 7.96. The number of thiazole rings is 1. The Bertz CT molecular complexity index is 812. The third-order valence-electron chi connectivity index (χ3n) is 2.89. The van der Waals surface area contributed by atoms with Crippen LogP contribution in [0.1, 0.15) is 26.6 Å². The Hall–Kier alpha value is -1.44. The minimum Gasteiger partial charge on any atom is -0.478 e. The average molecular weight is 346 g/mol. The molecule has 112 valence electrons. The maximum absolute atomic E-state index is 12.5. The van der Waals surface area contributed by atoms with Crippen molar-refractivity contribution in [3.05, 3.63) is 44.4 Å². The Labute approximate surface area is 131 Å². The number of aryl methyl sites for hydroxylation is 1. The minimum absolute atomic E-state index is 0.0712. The molecule has 8 heteroatoms. The molecule has 0 fully saturated rings. The van der Waals surface area contributed by atoms with E-state index >= 15 is 0 Å². The number of nitrogens with zero attached hydrogens (tertiary/aromatic N) is 1. The van der Waals surface area contributed by atoms with Gasteiger partial charge in [-0.15, -0.1) is 11.3 Å². The van der Waals surface area contributed by atoms with E-state index in [0.29, 0.717) is 5.69 Å². The molecular weight excluding hydrogens is 334 g/mol. The van der Waals surface area contributed by atoms with Gasteiger partial charge in [0, 0.05) is 10.4 Å². The highest BCUT2D eigenvalue weighted by atomic mass is 35.5. The quantitative estimate of drug-likeness (QED) is 0.920. The van der Waals surface area contributed by atoms with Crippen LogP contribution in [0, 0.1) is 13.8 Å². The SMILES string of the molecule is Cc1nc(CS(=O)(=O)c2cc(Cl)cc(C(=O)O)c2C)cs1. The number of hydrogen-bond donors (Lipinski definition) is 1. The maximum atomic E-state index is 12.5. The molecule has 1 heterocycles. The largest absolute Gasteiger partial charge is 0.478 e. The molecule has 1 aromatic carbocycles. The summed E-state index contributed by atoms with van der Waals surface area (Å²) in [6, 6.07) is 2.52. The third-order valence-corrected chi connectivity index (χ3v) is 5.71. The molecule has 21 heavy (non-hydrogen) atoms. The summed E-state index contributed by atoms with van der Waals surface area (Å²) < 4.78 is 24.9. The molecule has 2 aromatic rings. The molecule has 0 bridgehead atoms. The summed E-state index contributed by atoms with van der Waals surface area (Å²) in [5.41, 5.74) is 0.503. The molecule has 0 spiro atoms. The molecule has 0 unspecified atom stereocenters. The van der Waals surface area contributed by atoms with Gasteiger partial charge in [-0.3, -0.25) is 0 Å². The van der Waals surface area contributed by atoms with Gasteiger partial charge in [0.05, 0.1) is 26.9 Å². The van der Waals surface area contributed by atoms with Crippen molar-refractivity contribution in [2.75, 3.05) is 0 Å². The fraction of sp³-hybridized carbons (Fsp3) is 0.231. The van der Waals surface area contributed by atoms with E-state index in [1.165, 1.54) is 30.4 Å². The molecule has 0 atom stereocenters. The lowest BCUT2D eigenvalue weighted by molar-refractivity contribution is 0.0696. The van der Waals surface area contributed by atoms with Gasteiger partial charge in [-0.1, -0.05) is 11.6 Å². The van der Waals surface area contributed by atoms with Crippen molar-refractivity contribution in [1.82, 2.24) is 4.98 Å². The van der Waals surface area contributed by atoms with Crippen LogP contribution < -0.4 is 0 Å². The number of aromatic nitrogens is 1. The van der Waals surface area contributed by atoms with Crippen LogP contribution in [0.25, 0.3) is 0 Å². The van der Waals surface area contributed by atoms with Crippen molar-refractivity contribution >= 4 is 38.7 Å². The lowest BCUT2D eigenvalue weighted by Gasteiger charge is -2.10. The Balaban J connectivity index is 2.52. The zero-order valence-electron chi connectivity index (χ0n) is 11.3. The van der Waals surface area contributed by atoms with Crippen LogP contribution in [-0.4, -0.2) is 24.5 Å². The molecule has 0 aliphatic rings. The van der Waals surface area contributed by atoms with Gasteiger partial charge < -0.3 is 5.11 Å².